The van der Waals surface area contributed by atoms with Gasteiger partial charge in [-0.2, -0.15) is 0 Å². The summed E-state index contributed by atoms with van der Waals surface area (Å²) in [6, 6.07) is 0. The maximum absolute atomic E-state index is 13.3. The highest BCUT2D eigenvalue weighted by molar-refractivity contribution is 5.87. The number of allylic oxidation sites excluding steroid dienone is 1. The quantitative estimate of drug-likeness (QED) is 0.612. The van der Waals surface area contributed by atoms with E-state index < -0.39 is 5.79 Å². The molecule has 3 nitrogen and oxygen atoms in total. The lowest BCUT2D eigenvalue weighted by Crippen LogP contribution is -2.59. The molecule has 3 heteroatoms. The molecule has 1 heterocycles. The molecule has 24 heavy (non-hydrogen) atoms. The molecule has 0 unspecified atom stereocenters. The second kappa shape index (κ2) is 4.94. The average molecular weight is 332 g/mol. The SMILES string of the molecule is CC1(C)CC(=O)[C@]2(C)[C@@H](CC=C3[C@@H]2CCC2(OCCO2)C3(C)C)C1. The molecule has 3 fully saturated rings. The summed E-state index contributed by atoms with van der Waals surface area (Å²) in [5, 5.41) is 0. The summed E-state index contributed by atoms with van der Waals surface area (Å²) in [6.07, 6.45) is 7.26. The molecule has 4 rings (SSSR count). The second-order valence-electron chi connectivity index (χ2n) is 10.0. The maximum Gasteiger partial charge on any atom is 0.177 e. The minimum Gasteiger partial charge on any atom is -0.347 e. The Balaban J connectivity index is 1.75. The van der Waals surface area contributed by atoms with Gasteiger partial charge in [0.2, 0.25) is 0 Å². The van der Waals surface area contributed by atoms with E-state index in [0.29, 0.717) is 30.8 Å². The Bertz CT molecular complexity index is 594. The Morgan fingerprint density at radius 3 is 2.42 bits per heavy atom. The topological polar surface area (TPSA) is 35.5 Å². The number of fused-ring (bicyclic) bond motifs is 3. The van der Waals surface area contributed by atoms with E-state index in [4.69, 9.17) is 9.47 Å². The lowest BCUT2D eigenvalue weighted by Gasteiger charge is -2.60. The number of hydrogen-bond acceptors (Lipinski definition) is 3. The Hall–Kier alpha value is -0.670. The molecular weight excluding hydrogens is 300 g/mol. The van der Waals surface area contributed by atoms with Crippen LogP contribution in [-0.2, 0) is 14.3 Å². The summed E-state index contributed by atoms with van der Waals surface area (Å²) < 4.78 is 12.3. The van der Waals surface area contributed by atoms with Crippen molar-refractivity contribution in [2.75, 3.05) is 13.2 Å². The summed E-state index contributed by atoms with van der Waals surface area (Å²) >= 11 is 0. The third-order valence-corrected chi connectivity index (χ3v) is 7.80. The highest BCUT2D eigenvalue weighted by Crippen LogP contribution is 2.64. The summed E-state index contributed by atoms with van der Waals surface area (Å²) in [5.41, 5.74) is 1.21. The van der Waals surface area contributed by atoms with Crippen molar-refractivity contribution in [3.63, 3.8) is 0 Å². The van der Waals surface area contributed by atoms with Gasteiger partial charge in [0.05, 0.1) is 13.2 Å². The van der Waals surface area contributed by atoms with E-state index in [-0.39, 0.29) is 16.2 Å². The zero-order chi connectivity index (χ0) is 17.4. The first-order chi connectivity index (χ1) is 11.1. The van der Waals surface area contributed by atoms with Gasteiger partial charge in [-0.05, 0) is 36.5 Å². The van der Waals surface area contributed by atoms with Gasteiger partial charge < -0.3 is 9.47 Å². The van der Waals surface area contributed by atoms with E-state index in [1.54, 1.807) is 0 Å². The van der Waals surface area contributed by atoms with Crippen LogP contribution in [-0.4, -0.2) is 24.8 Å². The molecule has 0 N–H and O–H groups in total. The van der Waals surface area contributed by atoms with Gasteiger partial charge in [-0.1, -0.05) is 46.3 Å². The molecule has 1 saturated heterocycles. The Kier molecular flexibility index (Phi) is 3.46. The van der Waals surface area contributed by atoms with Crippen LogP contribution in [0.1, 0.15) is 66.7 Å². The minimum absolute atomic E-state index is 0.148. The molecule has 0 aromatic rings. The molecule has 0 amide bonds. The van der Waals surface area contributed by atoms with Gasteiger partial charge in [-0.25, -0.2) is 0 Å². The number of ether oxygens (including phenoxy) is 2. The van der Waals surface area contributed by atoms with Gasteiger partial charge in [0.1, 0.15) is 5.78 Å². The fourth-order valence-electron chi connectivity index (χ4n) is 6.32. The largest absolute Gasteiger partial charge is 0.347 e. The summed E-state index contributed by atoms with van der Waals surface area (Å²) in [6.45, 7) is 12.7. The van der Waals surface area contributed by atoms with Crippen LogP contribution in [0, 0.1) is 28.1 Å². The normalized spacial score (nSPS) is 42.4. The number of ketones is 1. The first kappa shape index (κ1) is 16.8. The van der Waals surface area contributed by atoms with Crippen LogP contribution in [0.2, 0.25) is 0 Å². The van der Waals surface area contributed by atoms with Crippen molar-refractivity contribution in [3.05, 3.63) is 11.6 Å². The molecule has 3 aliphatic carbocycles. The van der Waals surface area contributed by atoms with E-state index in [1.807, 2.05) is 0 Å². The summed E-state index contributed by atoms with van der Waals surface area (Å²) in [7, 11) is 0. The predicted molar refractivity (Wildman–Crippen MR) is 93.5 cm³/mol. The van der Waals surface area contributed by atoms with E-state index in [9.17, 15) is 4.79 Å². The van der Waals surface area contributed by atoms with Gasteiger partial charge in [0.25, 0.3) is 0 Å². The van der Waals surface area contributed by atoms with Crippen LogP contribution < -0.4 is 0 Å². The number of Topliss-reactive ketones (excluding diaryl/α,β-unsaturated/α-hetero) is 1. The van der Waals surface area contributed by atoms with E-state index in [0.717, 1.165) is 32.1 Å². The first-order valence-electron chi connectivity index (χ1n) is 9.64. The van der Waals surface area contributed by atoms with Crippen molar-refractivity contribution in [1.29, 1.82) is 0 Å². The summed E-state index contributed by atoms with van der Waals surface area (Å²) in [5.74, 6) is 0.848. The maximum atomic E-state index is 13.3. The first-order valence-corrected chi connectivity index (χ1v) is 9.64. The Labute approximate surface area is 146 Å². The number of carbonyl (C=O) groups excluding carboxylic acids is 1. The zero-order valence-electron chi connectivity index (χ0n) is 15.9. The summed E-state index contributed by atoms with van der Waals surface area (Å²) in [4.78, 5) is 13.3. The number of rotatable bonds is 0. The van der Waals surface area contributed by atoms with Crippen molar-refractivity contribution < 1.29 is 14.3 Å². The monoisotopic (exact) mass is 332 g/mol. The van der Waals surface area contributed by atoms with Gasteiger partial charge in [-0.3, -0.25) is 4.79 Å². The third-order valence-electron chi connectivity index (χ3n) is 7.80. The van der Waals surface area contributed by atoms with Crippen molar-refractivity contribution in [2.45, 2.75) is 72.5 Å². The van der Waals surface area contributed by atoms with Crippen molar-refractivity contribution in [3.8, 4) is 0 Å². The van der Waals surface area contributed by atoms with Crippen molar-refractivity contribution in [2.24, 2.45) is 28.1 Å². The van der Waals surface area contributed by atoms with Crippen LogP contribution >= 0.6 is 0 Å². The highest BCUT2D eigenvalue weighted by Gasteiger charge is 2.63. The molecule has 3 atom stereocenters. The molecule has 1 spiro atoms. The Morgan fingerprint density at radius 2 is 1.75 bits per heavy atom. The standard InChI is InChI=1S/C21H32O3/c1-18(2)12-14-6-7-15-16(20(14,5)17(22)13-18)8-9-21(19(15,3)4)23-10-11-24-21/h7,14,16H,6,8-13H2,1-5H3/t14-,16-,20+/m0/s1. The van der Waals surface area contributed by atoms with Crippen LogP contribution in [0.4, 0.5) is 0 Å². The molecule has 0 aromatic carbocycles. The fraction of sp³-hybridized carbons (Fsp3) is 0.857. The van der Waals surface area contributed by atoms with Crippen molar-refractivity contribution in [1.82, 2.24) is 0 Å². The third kappa shape index (κ3) is 2.00. The molecule has 1 aliphatic heterocycles. The fourth-order valence-corrected chi connectivity index (χ4v) is 6.32. The molecular formula is C21H32O3. The molecule has 134 valence electrons. The highest BCUT2D eigenvalue weighted by atomic mass is 16.7. The lowest BCUT2D eigenvalue weighted by atomic mass is 9.46. The van der Waals surface area contributed by atoms with Crippen LogP contribution in [0.25, 0.3) is 0 Å². The number of hydrogen-bond donors (Lipinski definition) is 0. The van der Waals surface area contributed by atoms with Crippen LogP contribution in [0.5, 0.6) is 0 Å². The van der Waals surface area contributed by atoms with E-state index >= 15 is 0 Å². The van der Waals surface area contributed by atoms with Gasteiger partial charge in [0, 0.05) is 23.7 Å². The predicted octanol–water partition coefficient (Wildman–Crippen LogP) is 4.51. The van der Waals surface area contributed by atoms with E-state index in [1.165, 1.54) is 5.57 Å². The Morgan fingerprint density at radius 1 is 1.08 bits per heavy atom. The molecule has 2 saturated carbocycles. The smallest absolute Gasteiger partial charge is 0.177 e. The average Bonchev–Trinajstić information content (AvgIpc) is 2.95. The molecule has 0 bridgehead atoms. The molecule has 4 aliphatic rings. The van der Waals surface area contributed by atoms with Crippen LogP contribution in [0.15, 0.2) is 11.6 Å². The molecule has 0 aromatic heterocycles. The zero-order valence-corrected chi connectivity index (χ0v) is 15.9. The molecule has 0 radical (unpaired) electrons. The second-order valence-corrected chi connectivity index (χ2v) is 10.0. The minimum atomic E-state index is -0.477. The van der Waals surface area contributed by atoms with Gasteiger partial charge in [0.15, 0.2) is 5.79 Å². The number of carbonyl (C=O) groups is 1. The van der Waals surface area contributed by atoms with E-state index in [2.05, 4.69) is 40.7 Å². The van der Waals surface area contributed by atoms with Gasteiger partial charge in [-0.15, -0.1) is 0 Å². The van der Waals surface area contributed by atoms with Crippen LogP contribution in [0.3, 0.4) is 0 Å². The van der Waals surface area contributed by atoms with Crippen molar-refractivity contribution >= 4 is 5.78 Å². The van der Waals surface area contributed by atoms with Gasteiger partial charge >= 0.3 is 0 Å². The lowest BCUT2D eigenvalue weighted by molar-refractivity contribution is -0.239.